The summed E-state index contributed by atoms with van der Waals surface area (Å²) in [5.74, 6) is -3.07. The van der Waals surface area contributed by atoms with Crippen molar-refractivity contribution in [3.63, 3.8) is 0 Å². The lowest BCUT2D eigenvalue weighted by Gasteiger charge is -2.21. The molecule has 2 aromatic rings. The number of carbonyl (C=O) groups is 4. The molecule has 0 saturated heterocycles. The lowest BCUT2D eigenvalue weighted by molar-refractivity contribution is -0.131. The minimum atomic E-state index is -0.867. The van der Waals surface area contributed by atoms with E-state index in [1.165, 1.54) is 18.2 Å². The minimum absolute atomic E-state index is 0.0546. The number of hydrogen-bond acceptors (Lipinski definition) is 6. The molecule has 0 saturated carbocycles. The van der Waals surface area contributed by atoms with Gasteiger partial charge in [-0.3, -0.25) is 9.59 Å². The van der Waals surface area contributed by atoms with Gasteiger partial charge in [-0.25, -0.2) is 9.59 Å². The number of carbonyl (C=O) groups excluding carboxylic acids is 4. The van der Waals surface area contributed by atoms with Gasteiger partial charge >= 0.3 is 11.9 Å². The van der Waals surface area contributed by atoms with Crippen LogP contribution in [0.1, 0.15) is 31.8 Å². The van der Waals surface area contributed by atoms with E-state index in [9.17, 15) is 19.2 Å². The van der Waals surface area contributed by atoms with E-state index < -0.39 is 23.5 Å². The summed E-state index contributed by atoms with van der Waals surface area (Å²) < 4.78 is 10.2. The topological polar surface area (TPSA) is 86.7 Å². The number of hydrogen-bond donors (Lipinski definition) is 0. The zero-order valence-corrected chi connectivity index (χ0v) is 13.5. The minimum Gasteiger partial charge on any atom is -0.419 e. The zero-order valence-electron chi connectivity index (χ0n) is 13.5. The van der Waals surface area contributed by atoms with E-state index in [0.29, 0.717) is 0 Å². The van der Waals surface area contributed by atoms with E-state index in [0.717, 1.165) is 12.2 Å². The fourth-order valence-corrected chi connectivity index (χ4v) is 2.61. The molecule has 0 aromatic heterocycles. The first-order chi connectivity index (χ1) is 12.5. The van der Waals surface area contributed by atoms with Crippen LogP contribution in [0.15, 0.2) is 61.7 Å². The standard InChI is InChI=1S/C20H12O6/c1-3-15(21)25-14-10-9-13-17(20(14)26-16(22)4-2)19(24)12-8-6-5-7-11(12)18(13)23/h3-10H,1-2H2. The second-order valence-corrected chi connectivity index (χ2v) is 5.27. The van der Waals surface area contributed by atoms with Crippen LogP contribution in [0.3, 0.4) is 0 Å². The van der Waals surface area contributed by atoms with Crippen LogP contribution in [-0.2, 0) is 9.59 Å². The molecule has 0 fully saturated rings. The van der Waals surface area contributed by atoms with Gasteiger partial charge in [0, 0.05) is 28.8 Å². The number of rotatable bonds is 4. The quantitative estimate of drug-likeness (QED) is 0.409. The van der Waals surface area contributed by atoms with Gasteiger partial charge in [0.1, 0.15) is 0 Å². The van der Waals surface area contributed by atoms with Crippen LogP contribution in [0.4, 0.5) is 0 Å². The van der Waals surface area contributed by atoms with E-state index in [1.807, 2.05) is 0 Å². The van der Waals surface area contributed by atoms with Gasteiger partial charge in [-0.15, -0.1) is 0 Å². The van der Waals surface area contributed by atoms with Crippen molar-refractivity contribution in [2.24, 2.45) is 0 Å². The van der Waals surface area contributed by atoms with E-state index in [1.54, 1.807) is 18.2 Å². The summed E-state index contributed by atoms with van der Waals surface area (Å²) in [5, 5.41) is 0. The van der Waals surface area contributed by atoms with Crippen LogP contribution >= 0.6 is 0 Å². The molecule has 0 N–H and O–H groups in total. The average Bonchev–Trinajstić information content (AvgIpc) is 2.66. The second kappa shape index (κ2) is 6.60. The first-order valence-electron chi connectivity index (χ1n) is 7.51. The van der Waals surface area contributed by atoms with Gasteiger partial charge in [-0.2, -0.15) is 0 Å². The lowest BCUT2D eigenvalue weighted by Crippen LogP contribution is -2.23. The molecule has 0 heterocycles. The van der Waals surface area contributed by atoms with Crippen molar-refractivity contribution in [2.45, 2.75) is 0 Å². The monoisotopic (exact) mass is 348 g/mol. The molecular weight excluding hydrogens is 336 g/mol. The summed E-state index contributed by atoms with van der Waals surface area (Å²) in [6, 6.07) is 8.94. The summed E-state index contributed by atoms with van der Waals surface area (Å²) >= 11 is 0. The summed E-state index contributed by atoms with van der Waals surface area (Å²) in [6.07, 6.45) is 1.81. The highest BCUT2D eigenvalue weighted by molar-refractivity contribution is 6.29. The molecule has 0 atom stereocenters. The van der Waals surface area contributed by atoms with Crippen molar-refractivity contribution in [1.82, 2.24) is 0 Å². The molecule has 6 nitrogen and oxygen atoms in total. The second-order valence-electron chi connectivity index (χ2n) is 5.27. The predicted molar refractivity (Wildman–Crippen MR) is 91.4 cm³/mol. The first-order valence-corrected chi connectivity index (χ1v) is 7.51. The Morgan fingerprint density at radius 2 is 1.35 bits per heavy atom. The molecule has 1 aliphatic carbocycles. The fraction of sp³-hybridized carbons (Fsp3) is 0. The average molecular weight is 348 g/mol. The third kappa shape index (κ3) is 2.73. The van der Waals surface area contributed by atoms with Crippen LogP contribution < -0.4 is 9.47 Å². The first kappa shape index (κ1) is 17.0. The van der Waals surface area contributed by atoms with Crippen LogP contribution in [0.2, 0.25) is 0 Å². The molecule has 128 valence electrons. The third-order valence-corrected chi connectivity index (χ3v) is 3.76. The highest BCUT2D eigenvalue weighted by Crippen LogP contribution is 2.39. The number of fused-ring (bicyclic) bond motifs is 2. The molecule has 6 heteroatoms. The summed E-state index contributed by atoms with van der Waals surface area (Å²) in [4.78, 5) is 48.9. The molecule has 1 aliphatic rings. The maximum Gasteiger partial charge on any atom is 0.335 e. The normalized spacial score (nSPS) is 11.8. The Kier molecular flexibility index (Phi) is 4.33. The van der Waals surface area contributed by atoms with Gasteiger partial charge < -0.3 is 9.47 Å². The molecular formula is C20H12O6. The van der Waals surface area contributed by atoms with Crippen molar-refractivity contribution in [2.75, 3.05) is 0 Å². The zero-order chi connectivity index (χ0) is 18.8. The van der Waals surface area contributed by atoms with Crippen LogP contribution in [-0.4, -0.2) is 23.5 Å². The van der Waals surface area contributed by atoms with Gasteiger partial charge in [-0.1, -0.05) is 37.4 Å². The molecule has 3 rings (SSSR count). The van der Waals surface area contributed by atoms with Crippen molar-refractivity contribution in [1.29, 1.82) is 0 Å². The Morgan fingerprint density at radius 1 is 0.769 bits per heavy atom. The van der Waals surface area contributed by atoms with Gasteiger partial charge in [0.05, 0.1) is 5.56 Å². The predicted octanol–water partition coefficient (Wildman–Crippen LogP) is 2.64. The Labute approximate surface area is 148 Å². The largest absolute Gasteiger partial charge is 0.419 e. The summed E-state index contributed by atoms with van der Waals surface area (Å²) in [6.45, 7) is 6.58. The Bertz CT molecular complexity index is 999. The summed E-state index contributed by atoms with van der Waals surface area (Å²) in [5.41, 5.74) is 0.340. The van der Waals surface area contributed by atoms with Crippen molar-refractivity contribution in [3.05, 3.63) is 84.0 Å². The maximum atomic E-state index is 12.9. The van der Waals surface area contributed by atoms with Crippen molar-refractivity contribution in [3.8, 4) is 11.5 Å². The number of esters is 2. The van der Waals surface area contributed by atoms with Gasteiger partial charge in [0.25, 0.3) is 0 Å². The number of ketones is 2. The Morgan fingerprint density at radius 3 is 1.96 bits per heavy atom. The van der Waals surface area contributed by atoms with Crippen molar-refractivity contribution >= 4 is 23.5 Å². The maximum absolute atomic E-state index is 12.9. The molecule has 2 aromatic carbocycles. The van der Waals surface area contributed by atoms with Crippen LogP contribution in [0.25, 0.3) is 0 Å². The number of ether oxygens (including phenoxy) is 2. The van der Waals surface area contributed by atoms with Gasteiger partial charge in [-0.05, 0) is 12.1 Å². The van der Waals surface area contributed by atoms with Crippen LogP contribution in [0.5, 0.6) is 11.5 Å². The third-order valence-electron chi connectivity index (χ3n) is 3.76. The van der Waals surface area contributed by atoms with E-state index in [-0.39, 0.29) is 33.8 Å². The van der Waals surface area contributed by atoms with Crippen LogP contribution in [0, 0.1) is 0 Å². The summed E-state index contributed by atoms with van der Waals surface area (Å²) in [7, 11) is 0. The Hall–Kier alpha value is -3.80. The smallest absolute Gasteiger partial charge is 0.335 e. The molecule has 0 aliphatic heterocycles. The molecule has 0 bridgehead atoms. The highest BCUT2D eigenvalue weighted by Gasteiger charge is 2.34. The molecule has 0 radical (unpaired) electrons. The molecule has 0 unspecified atom stereocenters. The van der Waals surface area contributed by atoms with Gasteiger partial charge in [0.15, 0.2) is 23.1 Å². The SMILES string of the molecule is C=CC(=O)Oc1ccc2c(c1OC(=O)C=C)C(=O)c1ccccc1C2=O. The highest BCUT2D eigenvalue weighted by atomic mass is 16.6. The molecule has 26 heavy (non-hydrogen) atoms. The van der Waals surface area contributed by atoms with Gasteiger partial charge in [0.2, 0.25) is 0 Å². The lowest BCUT2D eigenvalue weighted by atomic mass is 9.83. The molecule has 0 amide bonds. The van der Waals surface area contributed by atoms with E-state index in [4.69, 9.17) is 9.47 Å². The fourth-order valence-electron chi connectivity index (χ4n) is 2.61. The number of benzene rings is 2. The van der Waals surface area contributed by atoms with E-state index >= 15 is 0 Å². The molecule has 0 spiro atoms. The van der Waals surface area contributed by atoms with Crippen molar-refractivity contribution < 1.29 is 28.7 Å². The van der Waals surface area contributed by atoms with E-state index in [2.05, 4.69) is 13.2 Å². The Balaban J connectivity index is 2.25.